The summed E-state index contributed by atoms with van der Waals surface area (Å²) in [5.41, 5.74) is 1.47. The zero-order valence-electron chi connectivity index (χ0n) is 13.6. The Hall–Kier alpha value is -1.55. The Morgan fingerprint density at radius 1 is 1.00 bits per heavy atom. The minimum Gasteiger partial charge on any atom is -0.457 e. The molecule has 5 heteroatoms. The number of carbonyl (C=O) groups excluding carboxylic acids is 1. The molecule has 1 saturated carbocycles. The first-order chi connectivity index (χ1) is 11.9. The van der Waals surface area contributed by atoms with Crippen LogP contribution in [0.2, 0.25) is 10.0 Å². The second-order valence-corrected chi connectivity index (χ2v) is 7.92. The quantitative estimate of drug-likeness (QED) is 0.758. The summed E-state index contributed by atoms with van der Waals surface area (Å²) in [6.45, 7) is 0. The van der Waals surface area contributed by atoms with Crippen molar-refractivity contribution in [2.75, 3.05) is 0 Å². The van der Waals surface area contributed by atoms with E-state index in [2.05, 4.69) is 0 Å². The number of ether oxygens (including phenoxy) is 1. The van der Waals surface area contributed by atoms with Crippen molar-refractivity contribution in [3.8, 4) is 11.5 Å². The van der Waals surface area contributed by atoms with E-state index in [1.807, 2.05) is 18.2 Å². The smallest absolute Gasteiger partial charge is 0.169 e. The van der Waals surface area contributed by atoms with Gasteiger partial charge in [-0.25, -0.2) is 0 Å². The maximum Gasteiger partial charge on any atom is 0.169 e. The van der Waals surface area contributed by atoms with Gasteiger partial charge in [0.15, 0.2) is 5.78 Å². The first-order valence-electron chi connectivity index (χ1n) is 8.45. The average molecular weight is 377 g/mol. The molecule has 4 rings (SSSR count). The van der Waals surface area contributed by atoms with Crippen LogP contribution in [0.4, 0.5) is 0 Å². The van der Waals surface area contributed by atoms with Gasteiger partial charge in [0.05, 0.1) is 6.10 Å². The molecule has 0 unspecified atom stereocenters. The minimum absolute atomic E-state index is 0.184. The summed E-state index contributed by atoms with van der Waals surface area (Å²) in [5, 5.41) is 10.8. The second-order valence-electron chi connectivity index (χ2n) is 7.04. The fraction of sp³-hybridized carbons (Fsp3) is 0.350. The summed E-state index contributed by atoms with van der Waals surface area (Å²) in [5.74, 6) is 1.32. The van der Waals surface area contributed by atoms with Crippen molar-refractivity contribution in [1.29, 1.82) is 0 Å². The molecule has 0 saturated heterocycles. The number of hydrogen-bond donors (Lipinski definition) is 1. The summed E-state index contributed by atoms with van der Waals surface area (Å²) in [6.07, 6.45) is 3.39. The SMILES string of the molecule is O=C1c2cc(Oc3cc(Cl)cc(Cl)c3)ccc2CC12CCC(O)CC2. The number of benzene rings is 2. The molecule has 0 bridgehead atoms. The van der Waals surface area contributed by atoms with E-state index in [1.54, 1.807) is 18.2 Å². The topological polar surface area (TPSA) is 46.5 Å². The van der Waals surface area contributed by atoms with Crippen LogP contribution in [0.25, 0.3) is 0 Å². The van der Waals surface area contributed by atoms with Gasteiger partial charge in [-0.3, -0.25) is 4.79 Å². The zero-order valence-corrected chi connectivity index (χ0v) is 15.1. The monoisotopic (exact) mass is 376 g/mol. The molecule has 130 valence electrons. The summed E-state index contributed by atoms with van der Waals surface area (Å²) < 4.78 is 5.85. The van der Waals surface area contributed by atoms with E-state index in [0.29, 0.717) is 34.4 Å². The van der Waals surface area contributed by atoms with Gasteiger partial charge in [0.1, 0.15) is 11.5 Å². The molecule has 2 aromatic carbocycles. The Bertz CT molecular complexity index is 819. The number of aliphatic hydroxyl groups is 1. The summed E-state index contributed by atoms with van der Waals surface area (Å²) in [7, 11) is 0. The lowest BCUT2D eigenvalue weighted by molar-refractivity contribution is 0.0513. The number of Topliss-reactive ketones (excluding diaryl/α,β-unsaturated/α-hetero) is 1. The number of halogens is 2. The third-order valence-electron chi connectivity index (χ3n) is 5.32. The molecule has 2 aromatic rings. The standard InChI is InChI=1S/C20H18Cl2O3/c21-13-7-14(22)9-17(8-13)25-16-2-1-12-11-20(19(24)18(12)10-16)5-3-15(23)4-6-20/h1-2,7-10,15,23H,3-6,11H2. The van der Waals surface area contributed by atoms with Crippen molar-refractivity contribution < 1.29 is 14.6 Å². The van der Waals surface area contributed by atoms with E-state index >= 15 is 0 Å². The highest BCUT2D eigenvalue weighted by Crippen LogP contribution is 2.48. The third kappa shape index (κ3) is 3.17. The van der Waals surface area contributed by atoms with Gasteiger partial charge >= 0.3 is 0 Å². The summed E-state index contributed by atoms with van der Waals surface area (Å²) >= 11 is 12.0. The highest BCUT2D eigenvalue weighted by atomic mass is 35.5. The van der Waals surface area contributed by atoms with Crippen molar-refractivity contribution in [2.45, 2.75) is 38.2 Å². The molecule has 0 amide bonds. The molecule has 3 nitrogen and oxygen atoms in total. The van der Waals surface area contributed by atoms with Crippen LogP contribution in [-0.4, -0.2) is 17.0 Å². The zero-order chi connectivity index (χ0) is 17.6. The van der Waals surface area contributed by atoms with Crippen LogP contribution < -0.4 is 4.74 Å². The van der Waals surface area contributed by atoms with Crippen LogP contribution in [0, 0.1) is 5.41 Å². The molecule has 1 fully saturated rings. The average Bonchev–Trinajstić information content (AvgIpc) is 2.82. The Labute approximate surface area is 156 Å². The molecule has 2 aliphatic carbocycles. The van der Waals surface area contributed by atoms with Crippen LogP contribution in [0.15, 0.2) is 36.4 Å². The van der Waals surface area contributed by atoms with E-state index in [1.165, 1.54) is 0 Å². The van der Waals surface area contributed by atoms with Gasteiger partial charge in [-0.05, 0) is 68.0 Å². The van der Waals surface area contributed by atoms with E-state index in [0.717, 1.165) is 30.4 Å². The highest BCUT2D eigenvalue weighted by Gasteiger charge is 2.47. The molecular formula is C20H18Cl2O3. The lowest BCUT2D eigenvalue weighted by Gasteiger charge is -2.33. The Balaban J connectivity index is 1.60. The Morgan fingerprint density at radius 3 is 2.36 bits per heavy atom. The maximum atomic E-state index is 13.0. The maximum absolute atomic E-state index is 13.0. The van der Waals surface area contributed by atoms with E-state index < -0.39 is 0 Å². The summed E-state index contributed by atoms with van der Waals surface area (Å²) in [4.78, 5) is 13.0. The highest BCUT2D eigenvalue weighted by molar-refractivity contribution is 6.34. The third-order valence-corrected chi connectivity index (χ3v) is 5.76. The largest absolute Gasteiger partial charge is 0.457 e. The number of aliphatic hydroxyl groups excluding tert-OH is 1. The van der Waals surface area contributed by atoms with Gasteiger partial charge < -0.3 is 9.84 Å². The molecular weight excluding hydrogens is 359 g/mol. The van der Waals surface area contributed by atoms with Gasteiger partial charge in [-0.15, -0.1) is 0 Å². The van der Waals surface area contributed by atoms with Crippen molar-refractivity contribution in [2.24, 2.45) is 5.41 Å². The normalized spacial score (nSPS) is 25.2. The van der Waals surface area contributed by atoms with Gasteiger partial charge in [-0.1, -0.05) is 29.3 Å². The number of hydrogen-bond acceptors (Lipinski definition) is 3. The second kappa shape index (κ2) is 6.31. The van der Waals surface area contributed by atoms with Crippen LogP contribution in [0.5, 0.6) is 11.5 Å². The predicted molar refractivity (Wildman–Crippen MR) is 97.9 cm³/mol. The van der Waals surface area contributed by atoms with Crippen molar-refractivity contribution >= 4 is 29.0 Å². The van der Waals surface area contributed by atoms with E-state index in [4.69, 9.17) is 27.9 Å². The Kier molecular flexibility index (Phi) is 4.27. The Morgan fingerprint density at radius 2 is 1.68 bits per heavy atom. The molecule has 0 radical (unpaired) electrons. The number of carbonyl (C=O) groups is 1. The number of ketones is 1. The molecule has 1 spiro atoms. The van der Waals surface area contributed by atoms with Crippen LogP contribution in [0.1, 0.15) is 41.6 Å². The first-order valence-corrected chi connectivity index (χ1v) is 9.21. The molecule has 0 atom stereocenters. The molecule has 1 N–H and O–H groups in total. The molecule has 0 aliphatic heterocycles. The summed E-state index contributed by atoms with van der Waals surface area (Å²) in [6, 6.07) is 10.7. The number of fused-ring (bicyclic) bond motifs is 1. The predicted octanol–water partition coefficient (Wildman–Crippen LogP) is 5.45. The molecule has 0 heterocycles. The van der Waals surface area contributed by atoms with Gasteiger partial charge in [-0.2, -0.15) is 0 Å². The van der Waals surface area contributed by atoms with Gasteiger partial charge in [0, 0.05) is 21.0 Å². The van der Waals surface area contributed by atoms with Crippen molar-refractivity contribution in [3.63, 3.8) is 0 Å². The van der Waals surface area contributed by atoms with Crippen LogP contribution in [0.3, 0.4) is 0 Å². The fourth-order valence-corrected chi connectivity index (χ4v) is 4.50. The van der Waals surface area contributed by atoms with Crippen LogP contribution in [-0.2, 0) is 6.42 Å². The first kappa shape index (κ1) is 16.9. The van der Waals surface area contributed by atoms with Crippen molar-refractivity contribution in [3.05, 3.63) is 57.6 Å². The van der Waals surface area contributed by atoms with E-state index in [9.17, 15) is 9.90 Å². The lowest BCUT2D eigenvalue weighted by Crippen LogP contribution is -2.34. The molecule has 0 aromatic heterocycles. The van der Waals surface area contributed by atoms with Gasteiger partial charge in [0.25, 0.3) is 0 Å². The van der Waals surface area contributed by atoms with Crippen molar-refractivity contribution in [1.82, 2.24) is 0 Å². The fourth-order valence-electron chi connectivity index (χ4n) is 4.00. The molecule has 2 aliphatic rings. The minimum atomic E-state index is -0.334. The van der Waals surface area contributed by atoms with E-state index in [-0.39, 0.29) is 17.3 Å². The van der Waals surface area contributed by atoms with Crippen LogP contribution >= 0.6 is 23.2 Å². The van der Waals surface area contributed by atoms with Gasteiger partial charge in [0.2, 0.25) is 0 Å². The lowest BCUT2D eigenvalue weighted by atomic mass is 9.70. The number of rotatable bonds is 2. The molecule has 25 heavy (non-hydrogen) atoms.